The second kappa shape index (κ2) is 6.26. The van der Waals surface area contributed by atoms with Crippen molar-refractivity contribution in [3.8, 4) is 5.75 Å². The Morgan fingerprint density at radius 1 is 1.48 bits per heavy atom. The first kappa shape index (κ1) is 15.5. The molecule has 1 heterocycles. The summed E-state index contributed by atoms with van der Waals surface area (Å²) in [7, 11) is 1.70. The first-order valence-corrected chi connectivity index (χ1v) is 7.29. The summed E-state index contributed by atoms with van der Waals surface area (Å²) in [6.45, 7) is 6.13. The van der Waals surface area contributed by atoms with Crippen LogP contribution in [0.25, 0.3) is 0 Å². The molecule has 0 aliphatic carbocycles. The highest BCUT2D eigenvalue weighted by atomic mass is 16.5. The molecular weight excluding hydrogens is 268 g/mol. The van der Waals surface area contributed by atoms with Gasteiger partial charge in [-0.3, -0.25) is 9.59 Å². The van der Waals surface area contributed by atoms with Gasteiger partial charge in [0.15, 0.2) is 11.9 Å². The number of amides is 1. The predicted molar refractivity (Wildman–Crippen MR) is 82.0 cm³/mol. The van der Waals surface area contributed by atoms with Crippen molar-refractivity contribution < 1.29 is 14.3 Å². The minimum absolute atomic E-state index is 0.0116. The van der Waals surface area contributed by atoms with Crippen LogP contribution in [0.3, 0.4) is 0 Å². The molecule has 1 N–H and O–H groups in total. The van der Waals surface area contributed by atoms with Crippen LogP contribution >= 0.6 is 0 Å². The normalized spacial score (nSPS) is 19.0. The molecular formula is C16H22N2O3. The van der Waals surface area contributed by atoms with E-state index in [4.69, 9.17) is 4.74 Å². The maximum Gasteiger partial charge on any atom is 0.267 e. The maximum absolute atomic E-state index is 12.2. The molecule has 21 heavy (non-hydrogen) atoms. The molecule has 0 saturated heterocycles. The molecule has 1 amide bonds. The summed E-state index contributed by atoms with van der Waals surface area (Å²) in [6, 6.07) is 5.53. The van der Waals surface area contributed by atoms with Gasteiger partial charge in [-0.25, -0.2) is 0 Å². The van der Waals surface area contributed by atoms with Crippen molar-refractivity contribution in [1.82, 2.24) is 5.32 Å². The number of likely N-dealkylation sites (N-methyl/N-ethyl adjacent to an activating group) is 1. The Labute approximate surface area is 125 Å². The van der Waals surface area contributed by atoms with E-state index in [1.54, 1.807) is 37.1 Å². The lowest BCUT2D eigenvalue weighted by molar-refractivity contribution is -0.125. The number of carbonyl (C=O) groups excluding carboxylic acids is 2. The first-order valence-electron chi connectivity index (χ1n) is 7.29. The van der Waals surface area contributed by atoms with Gasteiger partial charge in [-0.05, 0) is 38.5 Å². The van der Waals surface area contributed by atoms with Crippen LogP contribution in [0.2, 0.25) is 0 Å². The zero-order chi connectivity index (χ0) is 15.6. The van der Waals surface area contributed by atoms with Crippen molar-refractivity contribution >= 4 is 17.4 Å². The molecule has 1 aliphatic rings. The van der Waals surface area contributed by atoms with E-state index in [0.717, 1.165) is 6.42 Å². The predicted octanol–water partition coefficient (Wildman–Crippen LogP) is 2.00. The zero-order valence-electron chi connectivity index (χ0n) is 13.0. The molecule has 5 heteroatoms. The molecule has 1 aliphatic heterocycles. The van der Waals surface area contributed by atoms with Crippen LogP contribution in [0.4, 0.5) is 5.69 Å². The van der Waals surface area contributed by atoms with Gasteiger partial charge in [0.05, 0.1) is 12.2 Å². The Morgan fingerprint density at radius 3 is 2.86 bits per heavy atom. The summed E-state index contributed by atoms with van der Waals surface area (Å²) < 4.78 is 5.55. The minimum atomic E-state index is -0.490. The Morgan fingerprint density at radius 2 is 2.19 bits per heavy atom. The molecule has 0 bridgehead atoms. The fourth-order valence-electron chi connectivity index (χ4n) is 2.20. The number of benzene rings is 1. The van der Waals surface area contributed by atoms with E-state index in [1.807, 2.05) is 6.92 Å². The number of anilines is 1. The van der Waals surface area contributed by atoms with Gasteiger partial charge < -0.3 is 15.0 Å². The number of Topliss-reactive ketones (excluding diaryl/α,β-unsaturated/α-hetero) is 1. The third-order valence-electron chi connectivity index (χ3n) is 3.85. The van der Waals surface area contributed by atoms with Crippen LogP contribution < -0.4 is 15.0 Å². The molecule has 2 unspecified atom stereocenters. The summed E-state index contributed by atoms with van der Waals surface area (Å²) in [5.74, 6) is 0.540. The van der Waals surface area contributed by atoms with Crippen LogP contribution in [0.1, 0.15) is 37.6 Å². The number of rotatable bonds is 5. The number of ether oxygens (including phenoxy) is 1. The summed E-state index contributed by atoms with van der Waals surface area (Å²) in [5.41, 5.74) is 1.23. The third-order valence-corrected chi connectivity index (χ3v) is 3.85. The van der Waals surface area contributed by atoms with E-state index in [0.29, 0.717) is 29.6 Å². The Kier molecular flexibility index (Phi) is 4.63. The Hall–Kier alpha value is -1.88. The summed E-state index contributed by atoms with van der Waals surface area (Å²) in [4.78, 5) is 25.7. The fourth-order valence-corrected chi connectivity index (χ4v) is 2.20. The van der Waals surface area contributed by atoms with Crippen molar-refractivity contribution in [1.29, 1.82) is 0 Å². The standard InChI is InChI=1S/C16H22N2O3/c1-5-10(2)17-9-14(19)12-6-7-15-13(8-12)18(4)16(20)11(3)21-15/h6-8,10-11,17H,5,9H2,1-4H3. The molecule has 2 atom stereocenters. The van der Waals surface area contributed by atoms with E-state index in [2.05, 4.69) is 12.2 Å². The zero-order valence-corrected chi connectivity index (χ0v) is 13.0. The van der Waals surface area contributed by atoms with E-state index in [1.165, 1.54) is 0 Å². The summed E-state index contributed by atoms with van der Waals surface area (Å²) in [6.07, 6.45) is 0.483. The average Bonchev–Trinajstić information content (AvgIpc) is 2.49. The Bertz CT molecular complexity index is 556. The number of hydrogen-bond donors (Lipinski definition) is 1. The molecule has 1 aromatic carbocycles. The molecule has 0 aromatic heterocycles. The molecule has 0 fully saturated rings. The lowest BCUT2D eigenvalue weighted by atomic mass is 10.1. The van der Waals surface area contributed by atoms with Gasteiger partial charge >= 0.3 is 0 Å². The quantitative estimate of drug-likeness (QED) is 0.843. The number of ketones is 1. The van der Waals surface area contributed by atoms with Crippen LogP contribution in [0.15, 0.2) is 18.2 Å². The van der Waals surface area contributed by atoms with Gasteiger partial charge in [0.25, 0.3) is 5.91 Å². The first-order chi connectivity index (χ1) is 9.93. The van der Waals surface area contributed by atoms with E-state index >= 15 is 0 Å². The average molecular weight is 290 g/mol. The highest BCUT2D eigenvalue weighted by molar-refractivity contribution is 6.03. The van der Waals surface area contributed by atoms with E-state index < -0.39 is 6.10 Å². The lowest BCUT2D eigenvalue weighted by Gasteiger charge is -2.30. The second-order valence-corrected chi connectivity index (χ2v) is 5.45. The van der Waals surface area contributed by atoms with E-state index in [9.17, 15) is 9.59 Å². The summed E-state index contributed by atoms with van der Waals surface area (Å²) >= 11 is 0. The molecule has 2 rings (SSSR count). The lowest BCUT2D eigenvalue weighted by Crippen LogP contribution is -2.42. The number of fused-ring (bicyclic) bond motifs is 1. The van der Waals surface area contributed by atoms with Crippen LogP contribution in [-0.2, 0) is 4.79 Å². The smallest absolute Gasteiger partial charge is 0.267 e. The number of nitrogens with zero attached hydrogens (tertiary/aromatic N) is 1. The number of hydrogen-bond acceptors (Lipinski definition) is 4. The number of nitrogens with one attached hydrogen (secondary N) is 1. The van der Waals surface area contributed by atoms with Crippen molar-refractivity contribution in [2.24, 2.45) is 0 Å². The topological polar surface area (TPSA) is 58.6 Å². The van der Waals surface area contributed by atoms with Crippen LogP contribution in [0.5, 0.6) is 5.75 Å². The van der Waals surface area contributed by atoms with Gasteiger partial charge in [-0.15, -0.1) is 0 Å². The van der Waals surface area contributed by atoms with Gasteiger partial charge in [-0.1, -0.05) is 6.92 Å². The maximum atomic E-state index is 12.2. The highest BCUT2D eigenvalue weighted by Gasteiger charge is 2.29. The van der Waals surface area contributed by atoms with Crippen LogP contribution in [0, 0.1) is 0 Å². The van der Waals surface area contributed by atoms with Gasteiger partial charge in [-0.2, -0.15) is 0 Å². The van der Waals surface area contributed by atoms with E-state index in [-0.39, 0.29) is 11.7 Å². The molecule has 0 radical (unpaired) electrons. The highest BCUT2D eigenvalue weighted by Crippen LogP contribution is 2.33. The third kappa shape index (κ3) is 3.24. The minimum Gasteiger partial charge on any atom is -0.479 e. The SMILES string of the molecule is CCC(C)NCC(=O)c1ccc2c(c1)N(C)C(=O)C(C)O2. The van der Waals surface area contributed by atoms with Crippen molar-refractivity contribution in [3.05, 3.63) is 23.8 Å². The number of carbonyl (C=O) groups is 2. The van der Waals surface area contributed by atoms with Crippen LogP contribution in [-0.4, -0.2) is 37.4 Å². The summed E-state index contributed by atoms with van der Waals surface area (Å²) in [5, 5.41) is 3.18. The van der Waals surface area contributed by atoms with Crippen molar-refractivity contribution in [3.63, 3.8) is 0 Å². The molecule has 0 saturated carbocycles. The molecule has 1 aromatic rings. The van der Waals surface area contributed by atoms with Gasteiger partial charge in [0.2, 0.25) is 0 Å². The Balaban J connectivity index is 2.17. The molecule has 5 nitrogen and oxygen atoms in total. The second-order valence-electron chi connectivity index (χ2n) is 5.45. The van der Waals surface area contributed by atoms with Gasteiger partial charge in [0.1, 0.15) is 5.75 Å². The van der Waals surface area contributed by atoms with Gasteiger partial charge in [0, 0.05) is 18.7 Å². The molecule has 0 spiro atoms. The fraction of sp³-hybridized carbons (Fsp3) is 0.500. The monoisotopic (exact) mass is 290 g/mol. The van der Waals surface area contributed by atoms with Crippen molar-refractivity contribution in [2.75, 3.05) is 18.5 Å². The van der Waals surface area contributed by atoms with Crippen molar-refractivity contribution in [2.45, 2.75) is 39.3 Å². The molecule has 114 valence electrons. The largest absolute Gasteiger partial charge is 0.479 e.